The van der Waals surface area contributed by atoms with Gasteiger partial charge in [-0.15, -0.1) is 0 Å². The van der Waals surface area contributed by atoms with Gasteiger partial charge in [0.2, 0.25) is 0 Å². The third-order valence-electron chi connectivity index (χ3n) is 0.101. The van der Waals surface area contributed by atoms with E-state index in [1.54, 1.807) is 9.24 Å². The standard InChI is InChI=1S/CH2O2P2.Rh/c2-1(4)5-3;/h4H2;/p+1. The number of hydrogen-bond acceptors (Lipinski definition) is 2. The summed E-state index contributed by atoms with van der Waals surface area (Å²) in [7, 11) is 0.983. The Labute approximate surface area is 52.2 Å². The van der Waals surface area contributed by atoms with Gasteiger partial charge in [-0.05, 0) is 9.24 Å². The Morgan fingerprint density at radius 2 is 1.83 bits per heavy atom. The summed E-state index contributed by atoms with van der Waals surface area (Å²) in [5.74, 6) is 0. The fraction of sp³-hybridized carbons (Fsp3) is 0. The summed E-state index contributed by atoms with van der Waals surface area (Å²) < 4.78 is 9.29. The minimum atomic E-state index is -0.812. The zero-order valence-corrected chi connectivity index (χ0v) is 6.52. The van der Waals surface area contributed by atoms with Crippen LogP contribution in [-0.4, -0.2) is 5.27 Å². The molecule has 2 unspecified atom stereocenters. The smallest absolute Gasteiger partial charge is 0.236 e. The van der Waals surface area contributed by atoms with Crippen LogP contribution in [0.5, 0.6) is 0 Å². The van der Waals surface area contributed by atoms with E-state index in [0.717, 1.165) is 0 Å². The first kappa shape index (κ1) is 9.95. The Bertz CT molecular complexity index is 62.6. The Kier molecular flexibility index (Phi) is 9.65. The second-order valence-electron chi connectivity index (χ2n) is 0.466. The van der Waals surface area contributed by atoms with E-state index in [9.17, 15) is 9.36 Å². The third kappa shape index (κ3) is 8.85. The van der Waals surface area contributed by atoms with Gasteiger partial charge in [-0.3, -0.25) is 0 Å². The third-order valence-corrected chi connectivity index (χ3v) is 0.655. The fourth-order valence-electron chi connectivity index (χ4n) is 0. The van der Waals surface area contributed by atoms with Crippen molar-refractivity contribution in [1.82, 2.24) is 0 Å². The van der Waals surface area contributed by atoms with Crippen LogP contribution >= 0.6 is 17.7 Å². The summed E-state index contributed by atoms with van der Waals surface area (Å²) in [5, 5.41) is -0.356. The molecule has 6 heavy (non-hydrogen) atoms. The minimum Gasteiger partial charge on any atom is -0.236 e. The van der Waals surface area contributed by atoms with E-state index in [-0.39, 0.29) is 24.7 Å². The van der Waals surface area contributed by atoms with Gasteiger partial charge in [0, 0.05) is 19.5 Å². The van der Waals surface area contributed by atoms with Gasteiger partial charge in [0.25, 0.3) is 0 Å². The average molecular weight is 212 g/mol. The molecule has 0 spiro atoms. The second kappa shape index (κ2) is 5.82. The monoisotopic (exact) mass is 212 g/mol. The van der Waals surface area contributed by atoms with Gasteiger partial charge in [0.05, 0.1) is 0 Å². The van der Waals surface area contributed by atoms with E-state index in [1.165, 1.54) is 0 Å². The molecule has 0 N–H and O–H groups in total. The SMILES string of the molecule is O=[PH+]C(=O)P.[Rh]. The molecular weight excluding hydrogens is 209 g/mol. The maximum Gasteiger partial charge on any atom is 0.405 e. The zero-order chi connectivity index (χ0) is 4.28. The number of hydrogen-bond donors (Lipinski definition) is 0. The molecule has 1 radical (unpaired) electrons. The zero-order valence-electron chi connectivity index (χ0n) is 2.73. The van der Waals surface area contributed by atoms with Gasteiger partial charge < -0.3 is 0 Å². The largest absolute Gasteiger partial charge is 0.405 e. The molecule has 37 valence electrons. The van der Waals surface area contributed by atoms with Crippen LogP contribution in [0.15, 0.2) is 0 Å². The van der Waals surface area contributed by atoms with Crippen molar-refractivity contribution >= 4 is 23.0 Å². The van der Waals surface area contributed by atoms with Crippen molar-refractivity contribution in [3.05, 3.63) is 0 Å². The van der Waals surface area contributed by atoms with Gasteiger partial charge in [-0.2, -0.15) is 0 Å². The molecule has 5 heteroatoms. The van der Waals surface area contributed by atoms with Crippen LogP contribution in [-0.2, 0) is 24.0 Å². The molecule has 0 fully saturated rings. The molecule has 0 aliphatic carbocycles. The summed E-state index contributed by atoms with van der Waals surface area (Å²) in [6.07, 6.45) is 0. The molecule has 0 aromatic carbocycles. The summed E-state index contributed by atoms with van der Waals surface area (Å²) in [6.45, 7) is 0. The number of rotatable bonds is 1. The van der Waals surface area contributed by atoms with Crippen molar-refractivity contribution in [3.63, 3.8) is 0 Å². The van der Waals surface area contributed by atoms with E-state index in [4.69, 9.17) is 0 Å². The van der Waals surface area contributed by atoms with Gasteiger partial charge in [0.1, 0.15) is 0 Å². The maximum absolute atomic E-state index is 9.48. The molecule has 0 aliphatic rings. The molecule has 2 atom stereocenters. The number of carbonyl (C=O) groups excluding carboxylic acids is 1. The van der Waals surface area contributed by atoms with E-state index in [0.29, 0.717) is 0 Å². The van der Waals surface area contributed by atoms with Crippen LogP contribution in [0.4, 0.5) is 4.79 Å². The number of carbonyl (C=O) groups is 1. The van der Waals surface area contributed by atoms with Crippen molar-refractivity contribution in [2.45, 2.75) is 0 Å². The maximum atomic E-state index is 9.48. The van der Waals surface area contributed by atoms with Crippen LogP contribution in [0.3, 0.4) is 0 Å². The Balaban J connectivity index is 0. The fourth-order valence-corrected chi connectivity index (χ4v) is 0. The summed E-state index contributed by atoms with van der Waals surface area (Å²) in [6, 6.07) is 0. The second-order valence-corrected chi connectivity index (χ2v) is 2.26. The first-order chi connectivity index (χ1) is 2.27. The van der Waals surface area contributed by atoms with Crippen molar-refractivity contribution in [1.29, 1.82) is 0 Å². The van der Waals surface area contributed by atoms with Crippen LogP contribution in [0.1, 0.15) is 0 Å². The predicted octanol–water partition coefficient (Wildman–Crippen LogP) is 1.00. The van der Waals surface area contributed by atoms with Gasteiger partial charge in [-0.1, -0.05) is 4.57 Å². The van der Waals surface area contributed by atoms with Crippen molar-refractivity contribution in [3.8, 4) is 0 Å². The quantitative estimate of drug-likeness (QED) is 0.479. The Hall–Kier alpha value is 0.823. The molecule has 0 rings (SSSR count). The molecule has 2 nitrogen and oxygen atoms in total. The molecule has 0 bridgehead atoms. The van der Waals surface area contributed by atoms with Crippen LogP contribution in [0.25, 0.3) is 0 Å². The topological polar surface area (TPSA) is 34.1 Å². The Morgan fingerprint density at radius 1 is 1.67 bits per heavy atom. The molecule has 0 aliphatic heterocycles. The predicted molar refractivity (Wildman–Crippen MR) is 24.1 cm³/mol. The van der Waals surface area contributed by atoms with Crippen molar-refractivity contribution < 1.29 is 28.8 Å². The molecule has 0 aromatic rings. The molecule has 0 amide bonds. The van der Waals surface area contributed by atoms with Crippen molar-refractivity contribution in [2.75, 3.05) is 0 Å². The van der Waals surface area contributed by atoms with Crippen LogP contribution < -0.4 is 0 Å². The van der Waals surface area contributed by atoms with Gasteiger partial charge in [0.15, 0.2) is 0 Å². The minimum absolute atomic E-state index is 0. The van der Waals surface area contributed by atoms with E-state index < -0.39 is 8.46 Å². The van der Waals surface area contributed by atoms with E-state index in [2.05, 4.69) is 0 Å². The molecular formula is CH3O2P2Rh+. The van der Waals surface area contributed by atoms with E-state index >= 15 is 0 Å². The van der Waals surface area contributed by atoms with Crippen molar-refractivity contribution in [2.24, 2.45) is 0 Å². The summed E-state index contributed by atoms with van der Waals surface area (Å²) in [5.41, 5.74) is 0. The van der Waals surface area contributed by atoms with Crippen LogP contribution in [0.2, 0.25) is 0 Å². The van der Waals surface area contributed by atoms with Gasteiger partial charge >= 0.3 is 13.7 Å². The van der Waals surface area contributed by atoms with Crippen LogP contribution in [0, 0.1) is 0 Å². The normalized spacial score (nSPS) is 6.83. The molecule has 0 saturated heterocycles. The first-order valence-corrected chi connectivity index (χ1v) is 2.43. The summed E-state index contributed by atoms with van der Waals surface area (Å²) in [4.78, 5) is 9.48. The summed E-state index contributed by atoms with van der Waals surface area (Å²) >= 11 is 0. The average Bonchev–Trinajstić information content (AvgIpc) is 1.38. The Morgan fingerprint density at radius 3 is 1.83 bits per heavy atom. The molecule has 0 heterocycles. The van der Waals surface area contributed by atoms with Gasteiger partial charge in [-0.25, -0.2) is 4.79 Å². The first-order valence-electron chi connectivity index (χ1n) is 0.947. The van der Waals surface area contributed by atoms with E-state index in [1.807, 2.05) is 0 Å². The molecule has 0 saturated carbocycles. The molecule has 0 aromatic heterocycles.